The molecule has 0 amide bonds. The second-order valence-electron chi connectivity index (χ2n) is 4.38. The smallest absolute Gasteiger partial charge is 0.347 e. The van der Waals surface area contributed by atoms with Crippen molar-refractivity contribution in [2.45, 2.75) is 0 Å². The molecular weight excluding hydrogens is 689 g/mol. The Labute approximate surface area is 178 Å². The lowest BCUT2D eigenvalue weighted by Crippen LogP contribution is -2.30. The maximum absolute atomic E-state index is 13.9. The quantitative estimate of drug-likeness (QED) is 0.123. The normalized spacial score (nSPS) is 10.7. The number of carbonyl (C=O) groups excluding carboxylic acids is 2. The number of benzene rings is 2. The molecule has 0 aliphatic heterocycles. The molecule has 0 heterocycles. The van der Waals surface area contributed by atoms with Crippen LogP contribution in [0.4, 0.5) is 17.6 Å². The minimum absolute atomic E-state index is 0.0690. The largest absolute Gasteiger partial charge is 0.545 e. The van der Waals surface area contributed by atoms with Gasteiger partial charge in [0.05, 0.1) is 18.7 Å². The van der Waals surface area contributed by atoms with E-state index in [2.05, 4.69) is 0 Å². The molecule has 0 aliphatic carbocycles. The highest BCUT2D eigenvalue weighted by Crippen LogP contribution is 2.31. The van der Waals surface area contributed by atoms with E-state index in [0.29, 0.717) is 7.14 Å². The minimum atomic E-state index is -2.39. The summed E-state index contributed by atoms with van der Waals surface area (Å²) in [5, 5.41) is 11.0. The van der Waals surface area contributed by atoms with Crippen molar-refractivity contribution in [1.82, 2.24) is 0 Å². The first-order valence-electron chi connectivity index (χ1n) is 6.00. The van der Waals surface area contributed by atoms with Gasteiger partial charge in [0.1, 0.15) is 5.56 Å². The van der Waals surface area contributed by atoms with E-state index in [9.17, 15) is 32.3 Å². The van der Waals surface area contributed by atoms with Gasteiger partial charge in [0.25, 0.3) is 0 Å². The van der Waals surface area contributed by atoms with Crippen LogP contribution in [0, 0.1) is 34.0 Å². The Balaban J connectivity index is 2.63. The summed E-state index contributed by atoms with van der Waals surface area (Å²) in [6.07, 6.45) is 0. The van der Waals surface area contributed by atoms with Crippen LogP contribution in [0.3, 0.4) is 0 Å². The van der Waals surface area contributed by atoms with E-state index >= 15 is 0 Å². The van der Waals surface area contributed by atoms with Crippen LogP contribution in [0.25, 0.3) is 0 Å². The van der Waals surface area contributed by atoms with Crippen molar-refractivity contribution in [3.8, 4) is 5.75 Å². The maximum Gasteiger partial charge on any atom is 0.347 e. The van der Waals surface area contributed by atoms with Crippen LogP contribution in [-0.4, -0.2) is 11.9 Å². The van der Waals surface area contributed by atoms with Gasteiger partial charge in [0.2, 0.25) is 0 Å². The summed E-state index contributed by atoms with van der Waals surface area (Å²) >= 11 is 5.58. The summed E-state index contributed by atoms with van der Waals surface area (Å²) in [7, 11) is 0. The molecule has 0 bridgehead atoms. The first-order chi connectivity index (χ1) is 11.6. The van der Waals surface area contributed by atoms with E-state index in [1.807, 2.05) is 22.6 Å². The minimum Gasteiger partial charge on any atom is -0.545 e. The number of esters is 1. The summed E-state index contributed by atoms with van der Waals surface area (Å²) < 4.78 is 60.6. The molecule has 2 aromatic carbocycles. The van der Waals surface area contributed by atoms with Crippen molar-refractivity contribution in [2.24, 2.45) is 0 Å². The van der Waals surface area contributed by atoms with Crippen LogP contribution in [0.15, 0.2) is 12.1 Å². The van der Waals surface area contributed by atoms with Crippen molar-refractivity contribution >= 4 is 79.7 Å². The van der Waals surface area contributed by atoms with Gasteiger partial charge in [-0.05, 0) is 79.9 Å². The molecule has 0 radical (unpaired) electrons. The lowest BCUT2D eigenvalue weighted by atomic mass is 10.1. The zero-order valence-corrected chi connectivity index (χ0v) is 17.9. The Morgan fingerprint density at radius 2 is 1.28 bits per heavy atom. The standard InChI is InChI=1S/C14H3F4I3O4/c15-8-6(13(22)23)7(9(16)11(18)10(8)17)14(24)25-12-4(20)1-3(19)2-5(12)21/h1-2H,(H,22,23)/p-1. The molecule has 4 nitrogen and oxygen atoms in total. The molecular formula is C14H2F4I3O4-. The van der Waals surface area contributed by atoms with E-state index < -0.39 is 46.3 Å². The van der Waals surface area contributed by atoms with Crippen molar-refractivity contribution in [3.05, 3.63) is 57.2 Å². The third-order valence-electron chi connectivity index (χ3n) is 2.83. The number of carboxylic acid groups (broad SMARTS) is 1. The fourth-order valence-electron chi connectivity index (χ4n) is 1.79. The highest BCUT2D eigenvalue weighted by Gasteiger charge is 2.31. The maximum atomic E-state index is 13.9. The van der Waals surface area contributed by atoms with Gasteiger partial charge in [0.15, 0.2) is 29.0 Å². The van der Waals surface area contributed by atoms with Gasteiger partial charge in [-0.15, -0.1) is 0 Å². The van der Waals surface area contributed by atoms with E-state index in [0.717, 1.165) is 3.57 Å². The summed E-state index contributed by atoms with van der Waals surface area (Å²) in [4.78, 5) is 23.1. The Hall–Kier alpha value is -0.710. The summed E-state index contributed by atoms with van der Waals surface area (Å²) in [5.74, 6) is -13.3. The lowest BCUT2D eigenvalue weighted by molar-refractivity contribution is -0.255. The molecule has 2 rings (SSSR count). The number of hydrogen-bond donors (Lipinski definition) is 0. The van der Waals surface area contributed by atoms with E-state index in [-0.39, 0.29) is 5.75 Å². The lowest BCUT2D eigenvalue weighted by Gasteiger charge is -2.15. The van der Waals surface area contributed by atoms with Gasteiger partial charge in [-0.25, -0.2) is 22.4 Å². The summed E-state index contributed by atoms with van der Waals surface area (Å²) in [5.41, 5.74) is -3.35. The second-order valence-corrected chi connectivity index (χ2v) is 7.95. The van der Waals surface area contributed by atoms with Gasteiger partial charge in [-0.3, -0.25) is 0 Å². The van der Waals surface area contributed by atoms with E-state index in [1.54, 1.807) is 57.3 Å². The number of ether oxygens (including phenoxy) is 1. The van der Waals surface area contributed by atoms with E-state index in [4.69, 9.17) is 4.74 Å². The molecule has 0 N–H and O–H groups in total. The summed E-state index contributed by atoms with van der Waals surface area (Å²) in [6, 6.07) is 3.18. The highest BCUT2D eigenvalue weighted by atomic mass is 127. The molecule has 0 atom stereocenters. The van der Waals surface area contributed by atoms with Gasteiger partial charge >= 0.3 is 5.97 Å². The van der Waals surface area contributed by atoms with E-state index in [1.165, 1.54) is 0 Å². The van der Waals surface area contributed by atoms with Crippen molar-refractivity contribution in [1.29, 1.82) is 0 Å². The van der Waals surface area contributed by atoms with Crippen LogP contribution in [0.1, 0.15) is 20.7 Å². The molecule has 132 valence electrons. The van der Waals surface area contributed by atoms with Gasteiger partial charge < -0.3 is 14.6 Å². The number of carboxylic acids is 1. The van der Waals surface area contributed by atoms with Crippen LogP contribution >= 0.6 is 67.8 Å². The fourth-order valence-corrected chi connectivity index (χ4v) is 5.59. The highest BCUT2D eigenvalue weighted by molar-refractivity contribution is 14.1. The van der Waals surface area contributed by atoms with Gasteiger partial charge in [0, 0.05) is 3.57 Å². The number of carbonyl (C=O) groups is 2. The molecule has 2 aromatic rings. The average Bonchev–Trinajstić information content (AvgIpc) is 2.51. The van der Waals surface area contributed by atoms with Crippen molar-refractivity contribution < 1.29 is 37.0 Å². The molecule has 11 heteroatoms. The predicted octanol–water partition coefficient (Wildman–Crippen LogP) is 3.64. The third kappa shape index (κ3) is 4.01. The first-order valence-corrected chi connectivity index (χ1v) is 9.23. The second kappa shape index (κ2) is 7.89. The summed E-state index contributed by atoms with van der Waals surface area (Å²) in [6.45, 7) is 0. The topological polar surface area (TPSA) is 66.4 Å². The van der Waals surface area contributed by atoms with Gasteiger partial charge in [-0.1, -0.05) is 0 Å². The van der Waals surface area contributed by atoms with Crippen LogP contribution in [-0.2, 0) is 0 Å². The molecule has 25 heavy (non-hydrogen) atoms. The number of aromatic carboxylic acids is 1. The van der Waals surface area contributed by atoms with Crippen LogP contribution in [0.5, 0.6) is 5.75 Å². The first kappa shape index (κ1) is 20.6. The predicted molar refractivity (Wildman–Crippen MR) is 100 cm³/mol. The van der Waals surface area contributed by atoms with Crippen molar-refractivity contribution in [3.63, 3.8) is 0 Å². The van der Waals surface area contributed by atoms with Crippen molar-refractivity contribution in [2.75, 3.05) is 0 Å². The molecule has 0 fully saturated rings. The molecule has 0 aliphatic rings. The van der Waals surface area contributed by atoms with Crippen LogP contribution < -0.4 is 9.84 Å². The SMILES string of the molecule is O=C([O-])c1c(F)c(F)c(F)c(F)c1C(=O)Oc1c(I)cc(I)cc1I. The zero-order chi connectivity index (χ0) is 19.0. The van der Waals surface area contributed by atoms with Gasteiger partial charge in [-0.2, -0.15) is 0 Å². The molecule has 0 unspecified atom stereocenters. The molecule has 0 saturated heterocycles. The Bertz CT molecular complexity index is 895. The molecule has 0 saturated carbocycles. The number of hydrogen-bond acceptors (Lipinski definition) is 4. The van der Waals surface area contributed by atoms with Crippen LogP contribution in [0.2, 0.25) is 0 Å². The number of halogens is 7. The molecule has 0 spiro atoms. The fraction of sp³-hybridized carbons (Fsp3) is 0. The monoisotopic (exact) mass is 691 g/mol. The Morgan fingerprint density at radius 3 is 1.72 bits per heavy atom. The Kier molecular flexibility index (Phi) is 6.50. The third-order valence-corrected chi connectivity index (χ3v) is 5.06. The zero-order valence-electron chi connectivity index (χ0n) is 11.4. The number of rotatable bonds is 3. The Morgan fingerprint density at radius 1 is 0.840 bits per heavy atom. The average molecular weight is 691 g/mol. The molecule has 0 aromatic heterocycles.